The molecule has 4 rings (SSSR count). The number of pyridine rings is 1. The summed E-state index contributed by atoms with van der Waals surface area (Å²) >= 11 is 0. The summed E-state index contributed by atoms with van der Waals surface area (Å²) in [5.41, 5.74) is 4.82. The summed E-state index contributed by atoms with van der Waals surface area (Å²) in [5.74, 6) is 0. The van der Waals surface area contributed by atoms with Gasteiger partial charge in [0.15, 0.2) is 0 Å². The number of ether oxygens (including phenoxy) is 1. The van der Waals surface area contributed by atoms with Gasteiger partial charge in [-0.2, -0.15) is 5.26 Å². The van der Waals surface area contributed by atoms with E-state index in [9.17, 15) is 5.26 Å². The van der Waals surface area contributed by atoms with E-state index in [1.165, 1.54) is 0 Å². The summed E-state index contributed by atoms with van der Waals surface area (Å²) in [4.78, 5) is 6.81. The highest BCUT2D eigenvalue weighted by Gasteiger charge is 2.29. The Bertz CT molecular complexity index is 978. The summed E-state index contributed by atoms with van der Waals surface area (Å²) in [6.45, 7) is 5.61. The second kappa shape index (κ2) is 6.78. The quantitative estimate of drug-likeness (QED) is 0.693. The molecule has 1 saturated heterocycles. The minimum absolute atomic E-state index is 0.0143. The van der Waals surface area contributed by atoms with Crippen molar-refractivity contribution in [3.8, 4) is 6.07 Å². The van der Waals surface area contributed by atoms with Crippen molar-refractivity contribution >= 4 is 16.6 Å². The van der Waals surface area contributed by atoms with Crippen LogP contribution >= 0.6 is 0 Å². The number of nitrogens with zero attached hydrogens (tertiary/aromatic N) is 3. The molecule has 4 nitrogen and oxygen atoms in total. The number of hydrogen-bond donors (Lipinski definition) is 0. The zero-order valence-electron chi connectivity index (χ0n) is 15.0. The standard InChI is InChI=1S/C22H21N3O/c1-15-7-6-10-19-21(15)24-12-18(11-23)22(19)25-13-16(2)26-20(14-25)17-8-4-3-5-9-17/h3-10,12,16,20H,13-14H2,1-2H3. The highest BCUT2D eigenvalue weighted by molar-refractivity contribution is 5.96. The summed E-state index contributed by atoms with van der Waals surface area (Å²) in [6.07, 6.45) is 1.76. The van der Waals surface area contributed by atoms with Crippen LogP contribution in [0, 0.1) is 18.3 Å². The molecule has 1 aliphatic heterocycles. The topological polar surface area (TPSA) is 49.1 Å². The molecule has 130 valence electrons. The van der Waals surface area contributed by atoms with Gasteiger partial charge in [-0.15, -0.1) is 0 Å². The largest absolute Gasteiger partial charge is 0.367 e. The number of hydrogen-bond acceptors (Lipinski definition) is 4. The number of aryl methyl sites for hydroxylation is 1. The first-order chi connectivity index (χ1) is 12.7. The number of morpholine rings is 1. The predicted octanol–water partition coefficient (Wildman–Crippen LogP) is 4.38. The Kier molecular flexibility index (Phi) is 4.32. The SMILES string of the molecule is Cc1cccc2c(N3CC(C)OC(c4ccccc4)C3)c(C#N)cnc12. The third kappa shape index (κ3) is 2.91. The van der Waals surface area contributed by atoms with E-state index in [0.29, 0.717) is 5.56 Å². The normalized spacial score (nSPS) is 20.1. The number of anilines is 1. The van der Waals surface area contributed by atoms with E-state index in [2.05, 4.69) is 54.1 Å². The van der Waals surface area contributed by atoms with E-state index in [1.807, 2.05) is 24.3 Å². The molecule has 2 atom stereocenters. The molecular formula is C22H21N3O. The van der Waals surface area contributed by atoms with Gasteiger partial charge in [0.1, 0.15) is 12.2 Å². The van der Waals surface area contributed by atoms with Crippen molar-refractivity contribution < 1.29 is 4.74 Å². The van der Waals surface area contributed by atoms with Crippen LogP contribution in [0.5, 0.6) is 0 Å². The maximum Gasteiger partial charge on any atom is 0.103 e. The lowest BCUT2D eigenvalue weighted by Gasteiger charge is -2.39. The molecule has 1 fully saturated rings. The molecule has 2 unspecified atom stereocenters. The highest BCUT2D eigenvalue weighted by atomic mass is 16.5. The third-order valence-corrected chi connectivity index (χ3v) is 4.94. The molecule has 0 spiro atoms. The average Bonchev–Trinajstić information content (AvgIpc) is 2.67. The third-order valence-electron chi connectivity index (χ3n) is 4.94. The second-order valence-corrected chi connectivity index (χ2v) is 6.85. The average molecular weight is 343 g/mol. The molecule has 0 saturated carbocycles. The van der Waals surface area contributed by atoms with Crippen LogP contribution < -0.4 is 4.90 Å². The van der Waals surface area contributed by atoms with E-state index >= 15 is 0 Å². The van der Waals surface area contributed by atoms with Gasteiger partial charge in [-0.25, -0.2) is 0 Å². The van der Waals surface area contributed by atoms with E-state index in [1.54, 1.807) is 6.20 Å². The lowest BCUT2D eigenvalue weighted by molar-refractivity contribution is -0.0173. The van der Waals surface area contributed by atoms with Gasteiger partial charge in [0.05, 0.1) is 22.9 Å². The van der Waals surface area contributed by atoms with Crippen LogP contribution in [0.1, 0.15) is 29.7 Å². The fraction of sp³-hybridized carbons (Fsp3) is 0.273. The van der Waals surface area contributed by atoms with Crippen molar-refractivity contribution in [3.05, 3.63) is 71.4 Å². The van der Waals surface area contributed by atoms with Gasteiger partial charge < -0.3 is 9.64 Å². The van der Waals surface area contributed by atoms with Crippen molar-refractivity contribution in [2.45, 2.75) is 26.1 Å². The Hall–Kier alpha value is -2.90. The highest BCUT2D eigenvalue weighted by Crippen LogP contribution is 2.35. The molecule has 2 heterocycles. The van der Waals surface area contributed by atoms with E-state index in [4.69, 9.17) is 4.74 Å². The smallest absolute Gasteiger partial charge is 0.103 e. The Balaban J connectivity index is 1.81. The van der Waals surface area contributed by atoms with Gasteiger partial charge in [-0.3, -0.25) is 4.98 Å². The predicted molar refractivity (Wildman–Crippen MR) is 103 cm³/mol. The van der Waals surface area contributed by atoms with Crippen molar-refractivity contribution in [2.24, 2.45) is 0 Å². The van der Waals surface area contributed by atoms with Crippen molar-refractivity contribution in [2.75, 3.05) is 18.0 Å². The number of para-hydroxylation sites is 1. The van der Waals surface area contributed by atoms with Crippen LogP contribution in [0.25, 0.3) is 10.9 Å². The molecule has 1 aromatic heterocycles. The summed E-state index contributed by atoms with van der Waals surface area (Å²) in [5, 5.41) is 10.7. The van der Waals surface area contributed by atoms with Gasteiger partial charge in [-0.05, 0) is 25.0 Å². The van der Waals surface area contributed by atoms with Crippen LogP contribution in [0.2, 0.25) is 0 Å². The maximum atomic E-state index is 9.68. The van der Waals surface area contributed by atoms with Crippen LogP contribution in [-0.4, -0.2) is 24.2 Å². The van der Waals surface area contributed by atoms with Gasteiger partial charge >= 0.3 is 0 Å². The summed E-state index contributed by atoms with van der Waals surface area (Å²) < 4.78 is 6.19. The fourth-order valence-electron chi connectivity index (χ4n) is 3.77. The number of aromatic nitrogens is 1. The Morgan fingerprint density at radius 3 is 2.69 bits per heavy atom. The van der Waals surface area contributed by atoms with Gasteiger partial charge in [0.25, 0.3) is 0 Å². The fourth-order valence-corrected chi connectivity index (χ4v) is 3.77. The zero-order valence-corrected chi connectivity index (χ0v) is 15.0. The first kappa shape index (κ1) is 16.6. The number of fused-ring (bicyclic) bond motifs is 1. The first-order valence-electron chi connectivity index (χ1n) is 8.91. The van der Waals surface area contributed by atoms with E-state index in [-0.39, 0.29) is 12.2 Å². The Morgan fingerprint density at radius 1 is 1.12 bits per heavy atom. The summed E-state index contributed by atoms with van der Waals surface area (Å²) in [6, 6.07) is 18.8. The summed E-state index contributed by atoms with van der Waals surface area (Å²) in [7, 11) is 0. The zero-order chi connectivity index (χ0) is 18.1. The Morgan fingerprint density at radius 2 is 1.92 bits per heavy atom. The monoisotopic (exact) mass is 343 g/mol. The van der Waals surface area contributed by atoms with Crippen LogP contribution in [0.15, 0.2) is 54.7 Å². The van der Waals surface area contributed by atoms with Crippen LogP contribution in [0.4, 0.5) is 5.69 Å². The number of rotatable bonds is 2. The van der Waals surface area contributed by atoms with Gasteiger partial charge in [0.2, 0.25) is 0 Å². The lowest BCUT2D eigenvalue weighted by Crippen LogP contribution is -2.43. The molecule has 0 amide bonds. The molecule has 4 heteroatoms. The molecule has 26 heavy (non-hydrogen) atoms. The number of nitriles is 1. The van der Waals surface area contributed by atoms with Gasteiger partial charge in [-0.1, -0.05) is 48.5 Å². The molecule has 1 aliphatic rings. The maximum absolute atomic E-state index is 9.68. The van der Waals surface area contributed by atoms with Crippen molar-refractivity contribution in [1.29, 1.82) is 5.26 Å². The molecule has 0 bridgehead atoms. The number of benzene rings is 2. The first-order valence-corrected chi connectivity index (χ1v) is 8.91. The molecule has 0 N–H and O–H groups in total. The molecule has 2 aromatic carbocycles. The molecule has 3 aromatic rings. The van der Waals surface area contributed by atoms with Crippen molar-refractivity contribution in [1.82, 2.24) is 4.98 Å². The van der Waals surface area contributed by atoms with E-state index in [0.717, 1.165) is 40.8 Å². The Labute approximate surface area is 153 Å². The van der Waals surface area contributed by atoms with Crippen molar-refractivity contribution in [3.63, 3.8) is 0 Å². The van der Waals surface area contributed by atoms with Crippen LogP contribution in [-0.2, 0) is 4.74 Å². The molecule has 0 aliphatic carbocycles. The minimum atomic E-state index is -0.0143. The minimum Gasteiger partial charge on any atom is -0.367 e. The molecular weight excluding hydrogens is 322 g/mol. The lowest BCUT2D eigenvalue weighted by atomic mass is 10.0. The van der Waals surface area contributed by atoms with E-state index < -0.39 is 0 Å². The molecule has 0 radical (unpaired) electrons. The van der Waals surface area contributed by atoms with Gasteiger partial charge in [0, 0.05) is 24.7 Å². The van der Waals surface area contributed by atoms with Crippen LogP contribution in [0.3, 0.4) is 0 Å². The second-order valence-electron chi connectivity index (χ2n) is 6.85.